The topological polar surface area (TPSA) is 68.7 Å². The van der Waals surface area contributed by atoms with E-state index in [1.54, 1.807) is 19.2 Å². The Balaban J connectivity index is 1.27. The highest BCUT2D eigenvalue weighted by molar-refractivity contribution is 5.93. The largest absolute Gasteiger partial charge is 0.493 e. The molecule has 0 saturated carbocycles. The Hall–Kier alpha value is -4.01. The van der Waals surface area contributed by atoms with E-state index < -0.39 is 0 Å². The van der Waals surface area contributed by atoms with Gasteiger partial charge in [0.2, 0.25) is 0 Å². The molecule has 1 aliphatic rings. The van der Waals surface area contributed by atoms with Gasteiger partial charge in [-0.2, -0.15) is 0 Å². The first-order chi connectivity index (χ1) is 18.7. The fourth-order valence-corrected chi connectivity index (χ4v) is 4.31. The summed E-state index contributed by atoms with van der Waals surface area (Å²) >= 11 is 0. The van der Waals surface area contributed by atoms with Crippen molar-refractivity contribution < 1.29 is 18.6 Å². The summed E-state index contributed by atoms with van der Waals surface area (Å²) in [6.07, 6.45) is 6.40. The maximum Gasteiger partial charge on any atom is 0.162 e. The van der Waals surface area contributed by atoms with E-state index in [4.69, 9.17) is 14.2 Å². The average molecular weight is 515 g/mol. The second-order valence-corrected chi connectivity index (χ2v) is 9.03. The highest BCUT2D eigenvalue weighted by Crippen LogP contribution is 2.35. The van der Waals surface area contributed by atoms with Crippen LogP contribution in [-0.2, 0) is 4.74 Å². The number of rotatable bonds is 10. The number of ether oxygens (including phenoxy) is 3. The van der Waals surface area contributed by atoms with Crippen LogP contribution in [-0.4, -0.2) is 61.4 Å². The van der Waals surface area contributed by atoms with E-state index in [1.807, 2.05) is 48.6 Å². The van der Waals surface area contributed by atoms with Gasteiger partial charge in [-0.05, 0) is 47.9 Å². The number of benzene rings is 3. The van der Waals surface area contributed by atoms with Crippen LogP contribution in [0.3, 0.4) is 0 Å². The predicted molar refractivity (Wildman–Crippen MR) is 149 cm³/mol. The molecular weight excluding hydrogens is 483 g/mol. The lowest BCUT2D eigenvalue weighted by Gasteiger charge is -2.26. The molecule has 1 aromatic heterocycles. The molecule has 0 atom stereocenters. The van der Waals surface area contributed by atoms with Crippen LogP contribution in [0.2, 0.25) is 0 Å². The predicted octanol–water partition coefficient (Wildman–Crippen LogP) is 5.79. The first kappa shape index (κ1) is 25.6. The van der Waals surface area contributed by atoms with Crippen LogP contribution in [0.25, 0.3) is 23.1 Å². The van der Waals surface area contributed by atoms with E-state index in [0.717, 1.165) is 67.0 Å². The van der Waals surface area contributed by atoms with Crippen LogP contribution >= 0.6 is 0 Å². The van der Waals surface area contributed by atoms with Gasteiger partial charge < -0.3 is 19.5 Å². The van der Waals surface area contributed by atoms with Crippen molar-refractivity contribution in [2.45, 2.75) is 6.42 Å². The number of methoxy groups -OCH3 is 1. The lowest BCUT2D eigenvalue weighted by Crippen LogP contribution is -2.37. The van der Waals surface area contributed by atoms with Gasteiger partial charge in [0.25, 0.3) is 0 Å². The van der Waals surface area contributed by atoms with Crippen molar-refractivity contribution in [1.82, 2.24) is 14.9 Å². The quantitative estimate of drug-likeness (QED) is 0.212. The molecule has 0 bridgehead atoms. The van der Waals surface area contributed by atoms with Gasteiger partial charge in [0.15, 0.2) is 11.5 Å². The van der Waals surface area contributed by atoms with E-state index in [-0.39, 0.29) is 5.82 Å². The second-order valence-electron chi connectivity index (χ2n) is 9.03. The highest BCUT2D eigenvalue weighted by Gasteiger charge is 2.13. The molecule has 1 saturated heterocycles. The number of nitrogens with zero attached hydrogens (tertiary/aromatic N) is 3. The van der Waals surface area contributed by atoms with Gasteiger partial charge in [-0.25, -0.2) is 14.4 Å². The summed E-state index contributed by atoms with van der Waals surface area (Å²) < 4.78 is 30.2. The van der Waals surface area contributed by atoms with E-state index in [9.17, 15) is 4.39 Å². The molecule has 0 radical (unpaired) electrons. The first-order valence-electron chi connectivity index (χ1n) is 12.7. The van der Waals surface area contributed by atoms with Crippen molar-refractivity contribution in [2.75, 3.05) is 51.9 Å². The van der Waals surface area contributed by atoms with Crippen LogP contribution in [0.5, 0.6) is 11.5 Å². The van der Waals surface area contributed by atoms with E-state index >= 15 is 0 Å². The molecule has 1 aliphatic heterocycles. The summed E-state index contributed by atoms with van der Waals surface area (Å²) in [6.45, 7) is 5.09. The molecule has 4 aromatic rings. The molecule has 1 N–H and O–H groups in total. The highest BCUT2D eigenvalue weighted by atomic mass is 19.1. The Kier molecular flexibility index (Phi) is 8.42. The Bertz CT molecular complexity index is 1370. The third kappa shape index (κ3) is 6.65. The number of halogens is 1. The molecule has 0 amide bonds. The van der Waals surface area contributed by atoms with Gasteiger partial charge in [0, 0.05) is 36.8 Å². The maximum atomic E-state index is 13.1. The first-order valence-corrected chi connectivity index (χ1v) is 12.7. The molecule has 7 nitrogen and oxygen atoms in total. The van der Waals surface area contributed by atoms with E-state index in [2.05, 4.69) is 20.2 Å². The Labute approximate surface area is 221 Å². The fourth-order valence-electron chi connectivity index (χ4n) is 4.31. The van der Waals surface area contributed by atoms with Gasteiger partial charge in [-0.15, -0.1) is 0 Å². The molecule has 2 heterocycles. The summed E-state index contributed by atoms with van der Waals surface area (Å²) in [5.74, 6) is 1.76. The van der Waals surface area contributed by atoms with Crippen LogP contribution in [0.15, 0.2) is 67.0 Å². The van der Waals surface area contributed by atoms with Crippen molar-refractivity contribution in [2.24, 2.45) is 0 Å². The number of anilines is 2. The van der Waals surface area contributed by atoms with Crippen LogP contribution in [0.1, 0.15) is 17.5 Å². The summed E-state index contributed by atoms with van der Waals surface area (Å²) in [6, 6.07) is 18.2. The molecule has 8 heteroatoms. The third-order valence-electron chi connectivity index (χ3n) is 6.41. The SMILES string of the molecule is COc1cc2ncnc(Nc3ccc(/C=C/c4ccc(F)cc4)cc3)c2cc1OCCCN1CCOCC1. The molecular formula is C30H31FN4O3. The zero-order valence-electron chi connectivity index (χ0n) is 21.4. The molecule has 38 heavy (non-hydrogen) atoms. The monoisotopic (exact) mass is 514 g/mol. The standard InChI is InChI=1S/C30H31FN4O3/c1-36-28-20-27-26(19-29(28)38-16-2-13-35-14-17-37-18-15-35)30(33-21-32-27)34-25-11-7-23(8-12-25)4-3-22-5-9-24(31)10-6-22/h3-12,19-21H,2,13-18H2,1H3,(H,32,33,34)/b4-3+. The molecule has 1 fully saturated rings. The third-order valence-corrected chi connectivity index (χ3v) is 6.41. The fraction of sp³-hybridized carbons (Fsp3) is 0.267. The number of fused-ring (bicyclic) bond motifs is 1. The molecule has 0 unspecified atom stereocenters. The van der Waals surface area contributed by atoms with Gasteiger partial charge in [0.05, 0.1) is 32.4 Å². The Morgan fingerprint density at radius 3 is 2.37 bits per heavy atom. The van der Waals surface area contributed by atoms with Crippen LogP contribution in [0.4, 0.5) is 15.9 Å². The van der Waals surface area contributed by atoms with Gasteiger partial charge in [-0.1, -0.05) is 36.4 Å². The molecule has 0 aliphatic carbocycles. The van der Waals surface area contributed by atoms with E-state index in [1.165, 1.54) is 18.5 Å². The second kappa shape index (κ2) is 12.5. The number of hydrogen-bond acceptors (Lipinski definition) is 7. The maximum absolute atomic E-state index is 13.1. The van der Waals surface area contributed by atoms with Gasteiger partial charge >= 0.3 is 0 Å². The van der Waals surface area contributed by atoms with Crippen molar-refractivity contribution in [1.29, 1.82) is 0 Å². The number of hydrogen-bond donors (Lipinski definition) is 1. The Morgan fingerprint density at radius 1 is 0.947 bits per heavy atom. The smallest absolute Gasteiger partial charge is 0.162 e. The lowest BCUT2D eigenvalue weighted by atomic mass is 10.1. The molecule has 196 valence electrons. The number of nitrogens with one attached hydrogen (secondary N) is 1. The van der Waals surface area contributed by atoms with Crippen LogP contribution < -0.4 is 14.8 Å². The van der Waals surface area contributed by atoms with Crippen LogP contribution in [0, 0.1) is 5.82 Å². The minimum atomic E-state index is -0.240. The number of aromatic nitrogens is 2. The summed E-state index contributed by atoms with van der Waals surface area (Å²) in [5, 5.41) is 4.24. The molecule has 3 aromatic carbocycles. The molecule has 0 spiro atoms. The summed E-state index contributed by atoms with van der Waals surface area (Å²) in [4.78, 5) is 11.3. The minimum absolute atomic E-state index is 0.240. The number of morpholine rings is 1. The lowest BCUT2D eigenvalue weighted by molar-refractivity contribution is 0.0357. The zero-order chi connectivity index (χ0) is 26.2. The van der Waals surface area contributed by atoms with Gasteiger partial charge in [-0.3, -0.25) is 4.90 Å². The van der Waals surface area contributed by atoms with Crippen molar-refractivity contribution in [3.8, 4) is 11.5 Å². The summed E-state index contributed by atoms with van der Waals surface area (Å²) in [5.41, 5.74) is 3.63. The minimum Gasteiger partial charge on any atom is -0.493 e. The zero-order valence-corrected chi connectivity index (χ0v) is 21.4. The van der Waals surface area contributed by atoms with Crippen molar-refractivity contribution >= 4 is 34.6 Å². The van der Waals surface area contributed by atoms with Crippen molar-refractivity contribution in [3.05, 3.63) is 83.9 Å². The summed E-state index contributed by atoms with van der Waals surface area (Å²) in [7, 11) is 1.63. The van der Waals surface area contributed by atoms with Crippen molar-refractivity contribution in [3.63, 3.8) is 0 Å². The van der Waals surface area contributed by atoms with E-state index in [0.29, 0.717) is 23.9 Å². The normalized spacial score (nSPS) is 14.2. The molecule has 5 rings (SSSR count). The van der Waals surface area contributed by atoms with Gasteiger partial charge in [0.1, 0.15) is 18.0 Å². The Morgan fingerprint density at radius 2 is 1.66 bits per heavy atom. The average Bonchev–Trinajstić information content (AvgIpc) is 2.96.